The molecule has 0 aromatic rings. The maximum absolute atomic E-state index is 5.54. The molecule has 3 N–H and O–H groups in total. The molecule has 1 atom stereocenters. The molecule has 0 bridgehead atoms. The Morgan fingerprint density at radius 3 is 2.53 bits per heavy atom. The summed E-state index contributed by atoms with van der Waals surface area (Å²) < 4.78 is 0. The first kappa shape index (κ1) is 13.0. The van der Waals surface area contributed by atoms with Gasteiger partial charge in [0, 0.05) is 5.54 Å². The van der Waals surface area contributed by atoms with E-state index in [0.717, 1.165) is 12.5 Å². The molecule has 90 valence electrons. The molecule has 0 aromatic carbocycles. The Morgan fingerprint density at radius 1 is 1.33 bits per heavy atom. The molecule has 0 radical (unpaired) electrons. The van der Waals surface area contributed by atoms with E-state index in [4.69, 9.17) is 5.73 Å². The summed E-state index contributed by atoms with van der Waals surface area (Å²) in [6, 6.07) is 0. The lowest BCUT2D eigenvalue weighted by atomic mass is 9.75. The predicted molar refractivity (Wildman–Crippen MR) is 66.9 cm³/mol. The third-order valence-corrected chi connectivity index (χ3v) is 4.02. The molecule has 0 aromatic heterocycles. The summed E-state index contributed by atoms with van der Waals surface area (Å²) in [4.78, 5) is 0. The predicted octanol–water partition coefficient (Wildman–Crippen LogP) is 2.67. The zero-order chi connectivity index (χ0) is 11.1. The van der Waals surface area contributed by atoms with Gasteiger partial charge in [-0.05, 0) is 64.0 Å². The van der Waals surface area contributed by atoms with Crippen molar-refractivity contribution in [3.05, 3.63) is 0 Å². The van der Waals surface area contributed by atoms with E-state index in [0.29, 0.717) is 5.54 Å². The highest BCUT2D eigenvalue weighted by Gasteiger charge is 2.33. The Labute approximate surface area is 95.0 Å². The lowest BCUT2D eigenvalue weighted by Crippen LogP contribution is -2.50. The largest absolute Gasteiger partial charge is 0.330 e. The third-order valence-electron chi connectivity index (χ3n) is 4.02. The van der Waals surface area contributed by atoms with Gasteiger partial charge < -0.3 is 11.1 Å². The fourth-order valence-electron chi connectivity index (χ4n) is 2.49. The van der Waals surface area contributed by atoms with Crippen LogP contribution in [0.3, 0.4) is 0 Å². The van der Waals surface area contributed by atoms with E-state index in [9.17, 15) is 0 Å². The first-order valence-electron chi connectivity index (χ1n) is 6.67. The highest BCUT2D eigenvalue weighted by molar-refractivity contribution is 4.94. The van der Waals surface area contributed by atoms with Crippen molar-refractivity contribution in [3.8, 4) is 0 Å². The van der Waals surface area contributed by atoms with Gasteiger partial charge in [0.1, 0.15) is 0 Å². The topological polar surface area (TPSA) is 38.0 Å². The molecule has 1 rings (SSSR count). The second-order valence-corrected chi connectivity index (χ2v) is 5.24. The van der Waals surface area contributed by atoms with Gasteiger partial charge in [0.25, 0.3) is 0 Å². The van der Waals surface area contributed by atoms with Crippen LogP contribution < -0.4 is 11.1 Å². The molecular weight excluding hydrogens is 184 g/mol. The average Bonchev–Trinajstić information content (AvgIpc) is 2.16. The van der Waals surface area contributed by atoms with Gasteiger partial charge in [-0.2, -0.15) is 0 Å². The minimum atomic E-state index is 0.525. The van der Waals surface area contributed by atoms with E-state index in [1.807, 2.05) is 0 Å². The highest BCUT2D eigenvalue weighted by Crippen LogP contribution is 2.34. The van der Waals surface area contributed by atoms with E-state index in [1.165, 1.54) is 51.5 Å². The third kappa shape index (κ3) is 4.12. The van der Waals surface area contributed by atoms with Gasteiger partial charge in [0.15, 0.2) is 0 Å². The van der Waals surface area contributed by atoms with Crippen LogP contribution >= 0.6 is 0 Å². The second-order valence-electron chi connectivity index (χ2n) is 5.24. The van der Waals surface area contributed by atoms with Gasteiger partial charge in [-0.3, -0.25) is 0 Å². The lowest BCUT2D eigenvalue weighted by Gasteiger charge is -2.42. The van der Waals surface area contributed by atoms with Gasteiger partial charge in [-0.1, -0.05) is 13.8 Å². The summed E-state index contributed by atoms with van der Waals surface area (Å²) in [6.45, 7) is 6.66. The molecular formula is C13H28N2. The molecule has 1 unspecified atom stereocenters. The maximum atomic E-state index is 5.54. The van der Waals surface area contributed by atoms with Crippen molar-refractivity contribution in [2.75, 3.05) is 13.1 Å². The van der Waals surface area contributed by atoms with Crippen molar-refractivity contribution >= 4 is 0 Å². The van der Waals surface area contributed by atoms with Crippen LogP contribution in [0, 0.1) is 5.92 Å². The molecule has 0 aliphatic heterocycles. The summed E-state index contributed by atoms with van der Waals surface area (Å²) in [6.07, 6.45) is 9.31. The van der Waals surface area contributed by atoms with Gasteiger partial charge in [-0.15, -0.1) is 0 Å². The summed E-state index contributed by atoms with van der Waals surface area (Å²) in [5.74, 6) is 0.802. The standard InChI is InChI=1S/C13H28N2/c1-3-13(8-5-9-13)15-11-4-6-12(2)7-10-14/h12,15H,3-11,14H2,1-2H3. The highest BCUT2D eigenvalue weighted by atomic mass is 15.0. The quantitative estimate of drug-likeness (QED) is 0.607. The Kier molecular flexibility index (Phi) is 5.62. The Bertz CT molecular complexity index is 158. The van der Waals surface area contributed by atoms with E-state index < -0.39 is 0 Å². The van der Waals surface area contributed by atoms with Gasteiger partial charge in [-0.25, -0.2) is 0 Å². The van der Waals surface area contributed by atoms with E-state index in [1.54, 1.807) is 0 Å². The fourth-order valence-corrected chi connectivity index (χ4v) is 2.49. The molecule has 1 fully saturated rings. The van der Waals surface area contributed by atoms with Crippen molar-refractivity contribution in [2.45, 2.75) is 64.3 Å². The fraction of sp³-hybridized carbons (Fsp3) is 1.00. The molecule has 15 heavy (non-hydrogen) atoms. The van der Waals surface area contributed by atoms with Crippen LogP contribution in [-0.2, 0) is 0 Å². The summed E-state index contributed by atoms with van der Waals surface area (Å²) in [7, 11) is 0. The number of nitrogens with two attached hydrogens (primary N) is 1. The Morgan fingerprint density at radius 2 is 2.07 bits per heavy atom. The van der Waals surface area contributed by atoms with Crippen LogP contribution in [0.2, 0.25) is 0 Å². The molecule has 0 amide bonds. The summed E-state index contributed by atoms with van der Waals surface area (Å²) in [5, 5.41) is 3.75. The van der Waals surface area contributed by atoms with Crippen LogP contribution in [0.1, 0.15) is 58.8 Å². The van der Waals surface area contributed by atoms with Gasteiger partial charge >= 0.3 is 0 Å². The molecule has 2 heteroatoms. The van der Waals surface area contributed by atoms with Crippen LogP contribution in [0.4, 0.5) is 0 Å². The molecule has 0 spiro atoms. The molecule has 1 saturated carbocycles. The number of hydrogen-bond donors (Lipinski definition) is 2. The Hall–Kier alpha value is -0.0800. The van der Waals surface area contributed by atoms with Crippen molar-refractivity contribution in [1.82, 2.24) is 5.32 Å². The second kappa shape index (κ2) is 6.49. The molecule has 2 nitrogen and oxygen atoms in total. The van der Waals surface area contributed by atoms with Gasteiger partial charge in [0.05, 0.1) is 0 Å². The molecule has 0 heterocycles. The number of hydrogen-bond acceptors (Lipinski definition) is 2. The summed E-state index contributed by atoms with van der Waals surface area (Å²) in [5.41, 5.74) is 6.06. The van der Waals surface area contributed by atoms with Crippen molar-refractivity contribution in [2.24, 2.45) is 11.7 Å². The van der Waals surface area contributed by atoms with Crippen molar-refractivity contribution in [1.29, 1.82) is 0 Å². The first-order chi connectivity index (χ1) is 7.22. The maximum Gasteiger partial charge on any atom is 0.0178 e. The van der Waals surface area contributed by atoms with E-state index in [-0.39, 0.29) is 0 Å². The lowest BCUT2D eigenvalue weighted by molar-refractivity contribution is 0.176. The van der Waals surface area contributed by atoms with E-state index >= 15 is 0 Å². The van der Waals surface area contributed by atoms with Crippen LogP contribution in [0.15, 0.2) is 0 Å². The van der Waals surface area contributed by atoms with Crippen molar-refractivity contribution in [3.63, 3.8) is 0 Å². The number of rotatable bonds is 8. The SMILES string of the molecule is CCC1(NCCCC(C)CCN)CCC1. The zero-order valence-electron chi connectivity index (χ0n) is 10.5. The first-order valence-corrected chi connectivity index (χ1v) is 6.67. The molecule has 1 aliphatic carbocycles. The van der Waals surface area contributed by atoms with Gasteiger partial charge in [0.2, 0.25) is 0 Å². The zero-order valence-corrected chi connectivity index (χ0v) is 10.5. The van der Waals surface area contributed by atoms with Crippen LogP contribution in [0.5, 0.6) is 0 Å². The monoisotopic (exact) mass is 212 g/mol. The Balaban J connectivity index is 2.01. The smallest absolute Gasteiger partial charge is 0.0178 e. The van der Waals surface area contributed by atoms with Crippen LogP contribution in [0.25, 0.3) is 0 Å². The minimum absolute atomic E-state index is 0.525. The normalized spacial score (nSPS) is 21.0. The van der Waals surface area contributed by atoms with Crippen molar-refractivity contribution < 1.29 is 0 Å². The molecule has 1 aliphatic rings. The van der Waals surface area contributed by atoms with Crippen LogP contribution in [-0.4, -0.2) is 18.6 Å². The molecule has 0 saturated heterocycles. The van der Waals surface area contributed by atoms with E-state index in [2.05, 4.69) is 19.2 Å². The minimum Gasteiger partial charge on any atom is -0.330 e. The number of nitrogens with one attached hydrogen (secondary N) is 1. The summed E-state index contributed by atoms with van der Waals surface area (Å²) >= 11 is 0. The average molecular weight is 212 g/mol.